The number of hydrogen-bond acceptors (Lipinski definition) is 2. The van der Waals surface area contributed by atoms with Crippen LogP contribution in [-0.4, -0.2) is 12.1 Å². The molecule has 3 rings (SSSR count). The van der Waals surface area contributed by atoms with Gasteiger partial charge >= 0.3 is 0 Å². The van der Waals surface area contributed by atoms with E-state index in [-0.39, 0.29) is 5.78 Å². The molecule has 1 aromatic rings. The molecule has 0 N–H and O–H groups in total. The van der Waals surface area contributed by atoms with Gasteiger partial charge in [0.05, 0.1) is 0 Å². The van der Waals surface area contributed by atoms with E-state index in [0.29, 0.717) is 11.1 Å². The van der Waals surface area contributed by atoms with Crippen molar-refractivity contribution in [1.82, 2.24) is 0 Å². The van der Waals surface area contributed by atoms with E-state index in [0.717, 1.165) is 16.7 Å². The first-order valence-corrected chi connectivity index (χ1v) is 4.98. The van der Waals surface area contributed by atoms with Gasteiger partial charge in [-0.1, -0.05) is 36.4 Å². The van der Waals surface area contributed by atoms with Crippen LogP contribution in [0.15, 0.2) is 48.1 Å². The zero-order valence-electron chi connectivity index (χ0n) is 8.36. The number of allylic oxidation sites excluding steroid dienone is 6. The van der Waals surface area contributed by atoms with E-state index in [2.05, 4.69) is 0 Å². The molecule has 75 valence electrons. The third-order valence-corrected chi connectivity index (χ3v) is 2.86. The van der Waals surface area contributed by atoms with Gasteiger partial charge in [-0.3, -0.25) is 9.59 Å². The minimum Gasteiger partial charge on any atom is -0.289 e. The number of rotatable bonds is 1. The molecule has 1 radical (unpaired) electrons. The van der Waals surface area contributed by atoms with Crippen molar-refractivity contribution in [3.05, 3.63) is 59.2 Å². The van der Waals surface area contributed by atoms with Crippen molar-refractivity contribution in [2.75, 3.05) is 0 Å². The Kier molecular flexibility index (Phi) is 1.77. The van der Waals surface area contributed by atoms with Crippen molar-refractivity contribution < 1.29 is 9.59 Å². The summed E-state index contributed by atoms with van der Waals surface area (Å²) in [5.41, 5.74) is 3.45. The second kappa shape index (κ2) is 3.14. The molecular weight excluding hydrogens is 200 g/mol. The van der Waals surface area contributed by atoms with Crippen molar-refractivity contribution >= 4 is 23.2 Å². The van der Waals surface area contributed by atoms with E-state index in [9.17, 15) is 9.59 Å². The highest BCUT2D eigenvalue weighted by molar-refractivity contribution is 6.33. The predicted octanol–water partition coefficient (Wildman–Crippen LogP) is 2.09. The number of carbonyl (C=O) groups is 1. The lowest BCUT2D eigenvalue weighted by atomic mass is 9.96. The first kappa shape index (κ1) is 9.04. The monoisotopic (exact) mass is 207 g/mol. The van der Waals surface area contributed by atoms with Gasteiger partial charge in [0.15, 0.2) is 5.78 Å². The van der Waals surface area contributed by atoms with Crippen LogP contribution < -0.4 is 0 Å². The SMILES string of the molecule is O=[C]C1=C2C(=O)C=CC=C2c2ccccc21. The quantitative estimate of drug-likeness (QED) is 0.706. The van der Waals surface area contributed by atoms with Crippen LogP contribution in [-0.2, 0) is 9.59 Å². The standard InChI is InChI=1S/C14H7O2/c15-8-12-10-5-2-1-4-9(10)11-6-3-7-13(16)14(11)12/h1-7H. The molecule has 16 heavy (non-hydrogen) atoms. The lowest BCUT2D eigenvalue weighted by Gasteiger charge is -2.06. The molecule has 1 aromatic carbocycles. The molecule has 2 aliphatic rings. The summed E-state index contributed by atoms with van der Waals surface area (Å²) in [4.78, 5) is 22.7. The lowest BCUT2D eigenvalue weighted by molar-refractivity contribution is -0.110. The molecule has 0 atom stereocenters. The summed E-state index contributed by atoms with van der Waals surface area (Å²) in [6.45, 7) is 0. The molecule has 0 bridgehead atoms. The molecule has 0 heterocycles. The van der Waals surface area contributed by atoms with E-state index in [1.54, 1.807) is 6.08 Å². The maximum absolute atomic E-state index is 11.7. The van der Waals surface area contributed by atoms with E-state index < -0.39 is 0 Å². The van der Waals surface area contributed by atoms with Crippen LogP contribution >= 0.6 is 0 Å². The number of fused-ring (bicyclic) bond motifs is 3. The molecular formula is C14H7O2. The molecule has 0 saturated carbocycles. The molecule has 0 saturated heterocycles. The highest BCUT2D eigenvalue weighted by Crippen LogP contribution is 2.41. The predicted molar refractivity (Wildman–Crippen MR) is 61.2 cm³/mol. The number of carbonyl (C=O) groups excluding carboxylic acids is 2. The molecule has 0 spiro atoms. The fourth-order valence-electron chi connectivity index (χ4n) is 2.19. The van der Waals surface area contributed by atoms with Crippen LogP contribution in [0.4, 0.5) is 0 Å². The van der Waals surface area contributed by atoms with E-state index in [1.165, 1.54) is 6.08 Å². The summed E-state index contributed by atoms with van der Waals surface area (Å²) >= 11 is 0. The topological polar surface area (TPSA) is 34.1 Å². The van der Waals surface area contributed by atoms with E-state index in [4.69, 9.17) is 0 Å². The molecule has 0 fully saturated rings. The highest BCUT2D eigenvalue weighted by Gasteiger charge is 2.30. The van der Waals surface area contributed by atoms with Gasteiger partial charge < -0.3 is 0 Å². The molecule has 0 unspecified atom stereocenters. The molecule has 0 aromatic heterocycles. The summed E-state index contributed by atoms with van der Waals surface area (Å²) in [5.74, 6) is -0.118. The fraction of sp³-hybridized carbons (Fsp3) is 0. The fourth-order valence-corrected chi connectivity index (χ4v) is 2.19. The van der Waals surface area contributed by atoms with Crippen LogP contribution in [0.2, 0.25) is 0 Å². The Hall–Kier alpha value is -2.22. The minimum absolute atomic E-state index is 0.118. The van der Waals surface area contributed by atoms with Gasteiger partial charge in [-0.25, -0.2) is 0 Å². The second-order valence-corrected chi connectivity index (χ2v) is 3.70. The highest BCUT2D eigenvalue weighted by atomic mass is 16.1. The van der Waals surface area contributed by atoms with Crippen molar-refractivity contribution in [1.29, 1.82) is 0 Å². The van der Waals surface area contributed by atoms with Crippen molar-refractivity contribution in [2.24, 2.45) is 0 Å². The molecule has 0 amide bonds. The zero-order chi connectivity index (χ0) is 11.1. The Labute approximate surface area is 92.6 Å². The van der Waals surface area contributed by atoms with Crippen molar-refractivity contribution in [2.45, 2.75) is 0 Å². The van der Waals surface area contributed by atoms with Crippen molar-refractivity contribution in [3.63, 3.8) is 0 Å². The molecule has 2 aliphatic carbocycles. The maximum atomic E-state index is 11.7. The zero-order valence-corrected chi connectivity index (χ0v) is 8.36. The number of benzene rings is 1. The Morgan fingerprint density at radius 1 is 1.06 bits per heavy atom. The minimum atomic E-state index is -0.118. The normalized spacial score (nSPS) is 17.0. The Morgan fingerprint density at radius 3 is 2.56 bits per heavy atom. The third kappa shape index (κ3) is 1.01. The summed E-state index contributed by atoms with van der Waals surface area (Å²) in [6.07, 6.45) is 6.93. The maximum Gasteiger partial charge on any atom is 0.234 e. The van der Waals surface area contributed by atoms with Gasteiger partial charge in [0.25, 0.3) is 0 Å². The average molecular weight is 207 g/mol. The van der Waals surface area contributed by atoms with Crippen LogP contribution in [0.25, 0.3) is 11.1 Å². The Balaban J connectivity index is 2.38. The Morgan fingerprint density at radius 2 is 1.81 bits per heavy atom. The van der Waals surface area contributed by atoms with E-state index in [1.807, 2.05) is 36.6 Å². The smallest absolute Gasteiger partial charge is 0.234 e. The average Bonchev–Trinajstić information content (AvgIpc) is 2.65. The van der Waals surface area contributed by atoms with E-state index >= 15 is 0 Å². The number of hydrogen-bond donors (Lipinski definition) is 0. The summed E-state index contributed by atoms with van der Waals surface area (Å²) < 4.78 is 0. The van der Waals surface area contributed by atoms with Gasteiger partial charge in [0, 0.05) is 11.1 Å². The van der Waals surface area contributed by atoms with Gasteiger partial charge in [0.2, 0.25) is 6.29 Å². The Bertz CT molecular complexity index is 601. The second-order valence-electron chi connectivity index (χ2n) is 3.70. The lowest BCUT2D eigenvalue weighted by Crippen LogP contribution is -2.02. The van der Waals surface area contributed by atoms with Crippen LogP contribution in [0.3, 0.4) is 0 Å². The van der Waals surface area contributed by atoms with Gasteiger partial charge in [0.1, 0.15) is 0 Å². The van der Waals surface area contributed by atoms with Gasteiger partial charge in [-0.2, -0.15) is 0 Å². The summed E-state index contributed by atoms with van der Waals surface area (Å²) in [7, 11) is 0. The molecule has 2 nitrogen and oxygen atoms in total. The van der Waals surface area contributed by atoms with Gasteiger partial charge in [-0.15, -0.1) is 0 Å². The van der Waals surface area contributed by atoms with Crippen LogP contribution in [0, 0.1) is 0 Å². The third-order valence-electron chi connectivity index (χ3n) is 2.86. The van der Waals surface area contributed by atoms with Crippen LogP contribution in [0.5, 0.6) is 0 Å². The number of ketones is 1. The van der Waals surface area contributed by atoms with Crippen LogP contribution in [0.1, 0.15) is 11.1 Å². The largest absolute Gasteiger partial charge is 0.289 e. The molecule has 0 aliphatic heterocycles. The summed E-state index contributed by atoms with van der Waals surface area (Å²) in [5, 5.41) is 0. The summed E-state index contributed by atoms with van der Waals surface area (Å²) in [6, 6.07) is 7.51. The first-order chi connectivity index (χ1) is 7.83. The van der Waals surface area contributed by atoms with Gasteiger partial charge in [-0.05, 0) is 22.8 Å². The van der Waals surface area contributed by atoms with Crippen molar-refractivity contribution in [3.8, 4) is 0 Å². The molecule has 2 heteroatoms. The first-order valence-electron chi connectivity index (χ1n) is 4.98.